The van der Waals surface area contributed by atoms with Gasteiger partial charge in [-0.3, -0.25) is 4.90 Å². The SMILES string of the molecule is CCOC(=O)C(Oc1ncnc2sc(-c3ccc(F)o3)c(-c3ccc(OCCN4CCN(C)CC4)c(Cl)c3C)c12)C(O)c1ccccc1OC/C(=C/C=N)NCC(F)(F)F. The molecule has 1 fully saturated rings. The third-order valence-corrected chi connectivity index (χ3v) is 11.2. The van der Waals surface area contributed by atoms with Gasteiger partial charge < -0.3 is 44.1 Å². The number of thiophene rings is 1. The lowest BCUT2D eigenvalue weighted by Gasteiger charge is -2.32. The van der Waals surface area contributed by atoms with E-state index >= 15 is 0 Å². The van der Waals surface area contributed by atoms with Crippen molar-refractivity contribution in [2.24, 2.45) is 0 Å². The van der Waals surface area contributed by atoms with Gasteiger partial charge >= 0.3 is 12.1 Å². The predicted octanol–water partition coefficient (Wildman–Crippen LogP) is 7.45. The number of hydrogen-bond donors (Lipinski definition) is 3. The van der Waals surface area contributed by atoms with Crippen molar-refractivity contribution in [1.82, 2.24) is 25.1 Å². The van der Waals surface area contributed by atoms with E-state index in [1.807, 2.05) is 0 Å². The first-order valence-corrected chi connectivity index (χ1v) is 20.1. The van der Waals surface area contributed by atoms with Crippen LogP contribution in [-0.4, -0.2) is 115 Å². The fourth-order valence-corrected chi connectivity index (χ4v) is 7.82. The largest absolute Gasteiger partial charge is 0.491 e. The second kappa shape index (κ2) is 19.9. The van der Waals surface area contributed by atoms with Crippen molar-refractivity contribution in [2.45, 2.75) is 32.2 Å². The lowest BCUT2D eigenvalue weighted by molar-refractivity contribution is -0.157. The van der Waals surface area contributed by atoms with E-state index in [1.165, 1.54) is 30.6 Å². The molecule has 0 amide bonds. The van der Waals surface area contributed by atoms with Crippen LogP contribution >= 0.6 is 22.9 Å². The summed E-state index contributed by atoms with van der Waals surface area (Å²) >= 11 is 8.12. The van der Waals surface area contributed by atoms with Crippen molar-refractivity contribution in [3.05, 3.63) is 88.8 Å². The van der Waals surface area contributed by atoms with Crippen molar-refractivity contribution in [2.75, 3.05) is 66.1 Å². The number of nitrogens with one attached hydrogen (secondary N) is 2. The highest BCUT2D eigenvalue weighted by Crippen LogP contribution is 2.50. The second-order valence-electron chi connectivity index (χ2n) is 13.7. The molecule has 1 aliphatic rings. The van der Waals surface area contributed by atoms with E-state index in [0.717, 1.165) is 56.4 Å². The van der Waals surface area contributed by atoms with Crippen molar-refractivity contribution in [3.8, 4) is 39.1 Å². The Morgan fingerprint density at radius 3 is 2.57 bits per heavy atom. The maximum absolute atomic E-state index is 14.4. The van der Waals surface area contributed by atoms with Gasteiger partial charge in [0.1, 0.15) is 54.3 Å². The molecule has 2 aromatic carbocycles. The van der Waals surface area contributed by atoms with E-state index in [2.05, 4.69) is 32.1 Å². The lowest BCUT2D eigenvalue weighted by Crippen LogP contribution is -2.45. The Balaban J connectivity index is 1.36. The van der Waals surface area contributed by atoms with E-state index in [0.29, 0.717) is 49.2 Å². The highest BCUT2D eigenvalue weighted by Gasteiger charge is 2.36. The second-order valence-corrected chi connectivity index (χ2v) is 15.1. The minimum Gasteiger partial charge on any atom is -0.491 e. The molecule has 5 aromatic rings. The number of piperazine rings is 1. The molecule has 60 heavy (non-hydrogen) atoms. The highest BCUT2D eigenvalue weighted by molar-refractivity contribution is 7.22. The van der Waals surface area contributed by atoms with Crippen LogP contribution in [0.5, 0.6) is 17.4 Å². The van der Waals surface area contributed by atoms with Crippen molar-refractivity contribution >= 4 is 45.3 Å². The van der Waals surface area contributed by atoms with E-state index in [1.54, 1.807) is 38.1 Å². The van der Waals surface area contributed by atoms with Gasteiger partial charge in [0.05, 0.1) is 27.6 Å². The predicted molar refractivity (Wildman–Crippen MR) is 219 cm³/mol. The van der Waals surface area contributed by atoms with Crippen LogP contribution in [0.1, 0.15) is 24.2 Å². The summed E-state index contributed by atoms with van der Waals surface area (Å²) in [6.07, 6.45) is -4.97. The molecule has 13 nitrogen and oxygen atoms in total. The van der Waals surface area contributed by atoms with Crippen LogP contribution in [0.4, 0.5) is 17.6 Å². The molecule has 0 bridgehead atoms. The van der Waals surface area contributed by atoms with Crippen LogP contribution in [0.15, 0.2) is 71.0 Å². The summed E-state index contributed by atoms with van der Waals surface area (Å²) in [5.41, 5.74) is 1.59. The third-order valence-electron chi connectivity index (χ3n) is 9.60. The number of ether oxygens (including phenoxy) is 4. The number of benzene rings is 2. The van der Waals surface area contributed by atoms with Gasteiger partial charge in [-0.05, 0) is 56.3 Å². The summed E-state index contributed by atoms with van der Waals surface area (Å²) in [6.45, 7) is 6.44. The van der Waals surface area contributed by atoms with Crippen LogP contribution in [0.3, 0.4) is 0 Å². The zero-order valence-electron chi connectivity index (χ0n) is 32.9. The first-order chi connectivity index (χ1) is 28.8. The van der Waals surface area contributed by atoms with Crippen molar-refractivity contribution in [1.29, 1.82) is 5.41 Å². The molecule has 0 saturated carbocycles. The van der Waals surface area contributed by atoms with E-state index in [-0.39, 0.29) is 35.3 Å². The summed E-state index contributed by atoms with van der Waals surface area (Å²) < 4.78 is 82.2. The Bertz CT molecular complexity index is 2310. The first-order valence-electron chi connectivity index (χ1n) is 18.9. The summed E-state index contributed by atoms with van der Waals surface area (Å²) in [5, 5.41) is 22.0. The molecule has 4 heterocycles. The number of carbonyl (C=O) groups excluding carboxylic acids is 1. The number of nitrogens with zero attached hydrogens (tertiary/aromatic N) is 4. The maximum Gasteiger partial charge on any atom is 0.405 e. The number of hydrogen-bond acceptors (Lipinski definition) is 14. The number of rotatable bonds is 18. The number of alkyl halides is 3. The first kappa shape index (κ1) is 44.3. The summed E-state index contributed by atoms with van der Waals surface area (Å²) in [5.74, 6) is -0.461. The fraction of sp³-hybridized carbons (Fsp3) is 0.366. The highest BCUT2D eigenvalue weighted by atomic mass is 35.5. The lowest BCUT2D eigenvalue weighted by atomic mass is 9.97. The molecule has 0 spiro atoms. The molecular weight excluding hydrogens is 832 g/mol. The summed E-state index contributed by atoms with van der Waals surface area (Å²) in [7, 11) is 2.09. The normalized spacial score (nSPS) is 15.1. The number of furan rings is 1. The van der Waals surface area contributed by atoms with E-state index in [4.69, 9.17) is 40.4 Å². The number of allylic oxidation sites excluding steroid dienone is 1. The standard InChI is InChI=1S/C41H43ClF4N6O7S/c1-4-55-40(54)36(35(53)27-7-5-6-8-28(27)57-21-25(13-14-47)48-22-41(44,45)46)59-38-33-32(37(30-11-12-31(43)58-30)60-39(33)50-23-49-38)26-9-10-29(34(42)24(26)2)56-20-19-52-17-15-51(3)16-18-52/h5-14,23,35-36,47-48,53H,4,15-22H2,1-3H3/b25-13-,47-14?. The number of likely N-dealkylation sites (N-methyl/N-ethyl adjacent to an activating group) is 1. The topological polar surface area (TPSA) is 156 Å². The van der Waals surface area contributed by atoms with Crippen LogP contribution in [0.25, 0.3) is 32.0 Å². The van der Waals surface area contributed by atoms with Crippen molar-refractivity contribution in [3.63, 3.8) is 0 Å². The molecule has 320 valence electrons. The number of halogens is 5. The molecule has 1 aliphatic heterocycles. The number of fused-ring (bicyclic) bond motifs is 1. The Morgan fingerprint density at radius 1 is 1.10 bits per heavy atom. The maximum atomic E-state index is 14.4. The number of aliphatic hydroxyl groups is 1. The average molecular weight is 875 g/mol. The van der Waals surface area contributed by atoms with Gasteiger partial charge in [-0.1, -0.05) is 35.9 Å². The Labute approximate surface area is 352 Å². The molecule has 0 radical (unpaired) electrons. The Hall–Kier alpha value is -5.27. The Morgan fingerprint density at radius 2 is 1.87 bits per heavy atom. The minimum absolute atomic E-state index is 0.00915. The molecule has 1 saturated heterocycles. The van der Waals surface area contributed by atoms with Gasteiger partial charge in [0.2, 0.25) is 12.0 Å². The number of aromatic nitrogens is 2. The number of esters is 1. The third kappa shape index (κ3) is 10.7. The molecule has 3 N–H and O–H groups in total. The van der Waals surface area contributed by atoms with Gasteiger partial charge in [0, 0.05) is 56.1 Å². The molecule has 0 aliphatic carbocycles. The zero-order valence-corrected chi connectivity index (χ0v) is 34.4. The minimum atomic E-state index is -4.53. The number of carbonyl (C=O) groups is 1. The quantitative estimate of drug-likeness (QED) is 0.0455. The molecule has 3 aromatic heterocycles. The van der Waals surface area contributed by atoms with Crippen LogP contribution < -0.4 is 19.5 Å². The van der Waals surface area contributed by atoms with Crippen molar-refractivity contribution < 1.29 is 50.8 Å². The van der Waals surface area contributed by atoms with Crippen LogP contribution in [-0.2, 0) is 9.53 Å². The average Bonchev–Trinajstić information content (AvgIpc) is 3.84. The molecular formula is C41H43ClF4N6O7S. The van der Waals surface area contributed by atoms with Gasteiger partial charge in [-0.15, -0.1) is 11.3 Å². The molecule has 19 heteroatoms. The van der Waals surface area contributed by atoms with Gasteiger partial charge in [-0.25, -0.2) is 14.8 Å². The van der Waals surface area contributed by atoms with Gasteiger partial charge in [-0.2, -0.15) is 17.6 Å². The molecule has 6 rings (SSSR count). The summed E-state index contributed by atoms with van der Waals surface area (Å²) in [6, 6.07) is 11.4. The molecule has 2 unspecified atom stereocenters. The van der Waals surface area contributed by atoms with Crippen LogP contribution in [0.2, 0.25) is 5.02 Å². The van der Waals surface area contributed by atoms with Crippen LogP contribution in [0, 0.1) is 18.3 Å². The van der Waals surface area contributed by atoms with E-state index < -0.39 is 43.5 Å². The smallest absolute Gasteiger partial charge is 0.405 e. The monoisotopic (exact) mass is 874 g/mol. The van der Waals surface area contributed by atoms with E-state index in [9.17, 15) is 27.5 Å². The summed E-state index contributed by atoms with van der Waals surface area (Å²) in [4.78, 5) is 27.9. The Kier molecular flexibility index (Phi) is 14.7. The fourth-order valence-electron chi connectivity index (χ4n) is 6.50. The number of para-hydroxylation sites is 1. The van der Waals surface area contributed by atoms with Gasteiger partial charge in [0.15, 0.2) is 0 Å². The number of aliphatic hydroxyl groups excluding tert-OH is 1. The van der Waals surface area contributed by atoms with Gasteiger partial charge in [0.25, 0.3) is 6.01 Å². The zero-order chi connectivity index (χ0) is 43.0. The molecule has 2 atom stereocenters.